The standard InChI is InChI=1S/C10H11N3S/c1-13-6-5-12-10(13)14-9-4-2-3-8(11)7-9/h2-7H,11H2,1H3. The molecule has 1 heterocycles. The minimum atomic E-state index is 0.782. The van der Waals surface area contributed by atoms with E-state index in [0.717, 1.165) is 15.7 Å². The first-order valence-electron chi connectivity index (χ1n) is 4.26. The van der Waals surface area contributed by atoms with E-state index < -0.39 is 0 Å². The Morgan fingerprint density at radius 2 is 2.29 bits per heavy atom. The van der Waals surface area contributed by atoms with Gasteiger partial charge in [0.15, 0.2) is 5.16 Å². The van der Waals surface area contributed by atoms with Crippen molar-refractivity contribution in [2.75, 3.05) is 5.73 Å². The quantitative estimate of drug-likeness (QED) is 0.764. The third kappa shape index (κ3) is 1.90. The number of hydrogen-bond acceptors (Lipinski definition) is 3. The van der Waals surface area contributed by atoms with Crippen molar-refractivity contribution >= 4 is 17.4 Å². The molecule has 4 heteroatoms. The smallest absolute Gasteiger partial charge is 0.172 e. The molecule has 0 bridgehead atoms. The van der Waals surface area contributed by atoms with Gasteiger partial charge in [0, 0.05) is 30.0 Å². The van der Waals surface area contributed by atoms with Crippen molar-refractivity contribution < 1.29 is 0 Å². The lowest BCUT2D eigenvalue weighted by Gasteiger charge is -2.01. The molecule has 14 heavy (non-hydrogen) atoms. The van der Waals surface area contributed by atoms with Gasteiger partial charge in [0.2, 0.25) is 0 Å². The van der Waals surface area contributed by atoms with Gasteiger partial charge in [-0.3, -0.25) is 0 Å². The summed E-state index contributed by atoms with van der Waals surface area (Å²) in [6.07, 6.45) is 3.71. The van der Waals surface area contributed by atoms with Crippen LogP contribution >= 0.6 is 11.8 Å². The Hall–Kier alpha value is -1.42. The molecule has 0 radical (unpaired) electrons. The summed E-state index contributed by atoms with van der Waals surface area (Å²) in [5.74, 6) is 0. The highest BCUT2D eigenvalue weighted by Gasteiger charge is 2.01. The summed E-state index contributed by atoms with van der Waals surface area (Å²) in [6.45, 7) is 0. The number of nitrogens with zero attached hydrogens (tertiary/aromatic N) is 2. The van der Waals surface area contributed by atoms with Gasteiger partial charge in [0.1, 0.15) is 0 Å². The number of benzene rings is 1. The van der Waals surface area contributed by atoms with Crippen molar-refractivity contribution in [2.24, 2.45) is 7.05 Å². The Kier molecular flexibility index (Phi) is 2.45. The van der Waals surface area contributed by atoms with Gasteiger partial charge in [-0.2, -0.15) is 0 Å². The second kappa shape index (κ2) is 3.75. The summed E-state index contributed by atoms with van der Waals surface area (Å²) >= 11 is 1.61. The fourth-order valence-corrected chi connectivity index (χ4v) is 2.00. The second-order valence-corrected chi connectivity index (χ2v) is 4.04. The summed E-state index contributed by atoms with van der Waals surface area (Å²) in [5, 5.41) is 0.968. The van der Waals surface area contributed by atoms with E-state index in [2.05, 4.69) is 4.98 Å². The van der Waals surface area contributed by atoms with Gasteiger partial charge in [0.25, 0.3) is 0 Å². The van der Waals surface area contributed by atoms with E-state index in [-0.39, 0.29) is 0 Å². The Bertz CT molecular complexity index is 436. The summed E-state index contributed by atoms with van der Waals surface area (Å²) in [7, 11) is 1.97. The third-order valence-corrected chi connectivity index (χ3v) is 2.91. The van der Waals surface area contributed by atoms with Crippen LogP contribution in [0.15, 0.2) is 46.7 Å². The number of nitrogen functional groups attached to an aromatic ring is 1. The summed E-state index contributed by atoms with van der Waals surface area (Å²) in [5.41, 5.74) is 6.47. The van der Waals surface area contributed by atoms with Crippen LogP contribution in [0.3, 0.4) is 0 Å². The molecule has 2 rings (SSSR count). The Morgan fingerprint density at radius 1 is 1.43 bits per heavy atom. The van der Waals surface area contributed by atoms with Crippen LogP contribution in [0.5, 0.6) is 0 Å². The van der Waals surface area contributed by atoms with Crippen molar-refractivity contribution in [1.29, 1.82) is 0 Å². The average Bonchev–Trinajstić information content (AvgIpc) is 2.52. The molecule has 1 aromatic carbocycles. The lowest BCUT2D eigenvalue weighted by atomic mass is 10.3. The maximum absolute atomic E-state index is 5.69. The predicted octanol–water partition coefficient (Wildman–Crippen LogP) is 2.15. The molecule has 72 valence electrons. The normalized spacial score (nSPS) is 10.4. The van der Waals surface area contributed by atoms with E-state index in [1.54, 1.807) is 18.0 Å². The minimum Gasteiger partial charge on any atom is -0.399 e. The highest BCUT2D eigenvalue weighted by Crippen LogP contribution is 2.26. The molecule has 0 spiro atoms. The van der Waals surface area contributed by atoms with E-state index in [9.17, 15) is 0 Å². The molecular weight excluding hydrogens is 194 g/mol. The molecule has 2 aromatic rings. The van der Waals surface area contributed by atoms with Crippen LogP contribution in [0.25, 0.3) is 0 Å². The maximum atomic E-state index is 5.69. The minimum absolute atomic E-state index is 0.782. The first kappa shape index (κ1) is 9.15. The van der Waals surface area contributed by atoms with Gasteiger partial charge < -0.3 is 10.3 Å². The largest absolute Gasteiger partial charge is 0.399 e. The van der Waals surface area contributed by atoms with Crippen molar-refractivity contribution in [1.82, 2.24) is 9.55 Å². The van der Waals surface area contributed by atoms with E-state index in [0.29, 0.717) is 0 Å². The van der Waals surface area contributed by atoms with Gasteiger partial charge >= 0.3 is 0 Å². The lowest BCUT2D eigenvalue weighted by Crippen LogP contribution is -1.89. The number of aryl methyl sites for hydroxylation is 1. The number of hydrogen-bond donors (Lipinski definition) is 1. The van der Waals surface area contributed by atoms with E-state index in [1.807, 2.05) is 42.1 Å². The van der Waals surface area contributed by atoms with Gasteiger partial charge in [-0.15, -0.1) is 0 Å². The van der Waals surface area contributed by atoms with Crippen LogP contribution in [0.1, 0.15) is 0 Å². The molecular formula is C10H11N3S. The zero-order valence-electron chi connectivity index (χ0n) is 7.84. The third-order valence-electron chi connectivity index (χ3n) is 1.84. The van der Waals surface area contributed by atoms with Crippen LogP contribution in [-0.4, -0.2) is 9.55 Å². The van der Waals surface area contributed by atoms with Crippen molar-refractivity contribution in [3.63, 3.8) is 0 Å². The Balaban J connectivity index is 2.23. The zero-order valence-corrected chi connectivity index (χ0v) is 8.66. The van der Waals surface area contributed by atoms with Gasteiger partial charge in [-0.05, 0) is 18.2 Å². The number of aromatic nitrogens is 2. The number of imidazole rings is 1. The maximum Gasteiger partial charge on any atom is 0.172 e. The molecule has 1 aromatic heterocycles. The van der Waals surface area contributed by atoms with Crippen LogP contribution < -0.4 is 5.73 Å². The topological polar surface area (TPSA) is 43.8 Å². The fourth-order valence-electron chi connectivity index (χ4n) is 1.13. The van der Waals surface area contributed by atoms with Gasteiger partial charge in [-0.25, -0.2) is 4.98 Å². The molecule has 2 N–H and O–H groups in total. The van der Waals surface area contributed by atoms with Gasteiger partial charge in [-0.1, -0.05) is 17.8 Å². The van der Waals surface area contributed by atoms with E-state index >= 15 is 0 Å². The summed E-state index contributed by atoms with van der Waals surface area (Å²) < 4.78 is 1.98. The molecule has 0 amide bonds. The highest BCUT2D eigenvalue weighted by atomic mass is 32.2. The average molecular weight is 205 g/mol. The molecule has 0 aliphatic rings. The van der Waals surface area contributed by atoms with Gasteiger partial charge in [0.05, 0.1) is 0 Å². The molecule has 0 aliphatic carbocycles. The van der Waals surface area contributed by atoms with Crippen molar-refractivity contribution in [3.05, 3.63) is 36.7 Å². The highest BCUT2D eigenvalue weighted by molar-refractivity contribution is 7.99. The molecule has 0 aliphatic heterocycles. The van der Waals surface area contributed by atoms with E-state index in [4.69, 9.17) is 5.73 Å². The van der Waals surface area contributed by atoms with Crippen molar-refractivity contribution in [2.45, 2.75) is 10.1 Å². The molecule has 0 saturated carbocycles. The monoisotopic (exact) mass is 205 g/mol. The molecule has 0 unspecified atom stereocenters. The molecule has 0 fully saturated rings. The summed E-state index contributed by atoms with van der Waals surface area (Å²) in [4.78, 5) is 5.34. The zero-order chi connectivity index (χ0) is 9.97. The van der Waals surface area contributed by atoms with E-state index in [1.165, 1.54) is 0 Å². The Morgan fingerprint density at radius 3 is 2.93 bits per heavy atom. The number of rotatable bonds is 2. The summed E-state index contributed by atoms with van der Waals surface area (Å²) in [6, 6.07) is 7.79. The lowest BCUT2D eigenvalue weighted by molar-refractivity contribution is 0.790. The fraction of sp³-hybridized carbons (Fsp3) is 0.100. The number of anilines is 1. The van der Waals surface area contributed by atoms with Crippen LogP contribution in [0.4, 0.5) is 5.69 Å². The van der Waals surface area contributed by atoms with Crippen LogP contribution in [0.2, 0.25) is 0 Å². The predicted molar refractivity (Wildman–Crippen MR) is 58.2 cm³/mol. The first-order chi connectivity index (χ1) is 6.75. The first-order valence-corrected chi connectivity index (χ1v) is 5.08. The molecule has 0 saturated heterocycles. The van der Waals surface area contributed by atoms with Crippen LogP contribution in [0, 0.1) is 0 Å². The van der Waals surface area contributed by atoms with Crippen molar-refractivity contribution in [3.8, 4) is 0 Å². The van der Waals surface area contributed by atoms with Crippen LogP contribution in [-0.2, 0) is 7.05 Å². The molecule has 3 nitrogen and oxygen atoms in total. The Labute approximate surface area is 87.0 Å². The molecule has 0 atom stereocenters. The number of nitrogens with two attached hydrogens (primary N) is 1. The second-order valence-electron chi connectivity index (χ2n) is 3.00. The SMILES string of the molecule is Cn1ccnc1Sc1cccc(N)c1.